The lowest BCUT2D eigenvalue weighted by atomic mass is 10.1. The summed E-state index contributed by atoms with van der Waals surface area (Å²) in [4.78, 5) is 2.32. The minimum absolute atomic E-state index is 0.498. The summed E-state index contributed by atoms with van der Waals surface area (Å²) in [7, 11) is 2.14. The molecule has 0 saturated heterocycles. The van der Waals surface area contributed by atoms with E-state index in [9.17, 15) is 0 Å². The minimum atomic E-state index is 0.498. The maximum absolute atomic E-state index is 4.03. The summed E-state index contributed by atoms with van der Waals surface area (Å²) in [5, 5.41) is 0. The van der Waals surface area contributed by atoms with E-state index in [2.05, 4.69) is 49.7 Å². The lowest BCUT2D eigenvalue weighted by molar-refractivity contribution is 0.760. The number of nitrogens with zero attached hydrogens (tertiary/aromatic N) is 1. The van der Waals surface area contributed by atoms with Crippen LogP contribution in [0.1, 0.15) is 12.5 Å². The van der Waals surface area contributed by atoms with Crippen LogP contribution in [-0.2, 0) is 6.42 Å². The largest absolute Gasteiger partial charge is 0.367 e. The molecule has 0 bridgehead atoms. The van der Waals surface area contributed by atoms with Gasteiger partial charge in [-0.25, -0.2) is 0 Å². The Bertz CT molecular complexity index is 341. The van der Waals surface area contributed by atoms with E-state index in [1.54, 1.807) is 0 Å². The van der Waals surface area contributed by atoms with Crippen molar-refractivity contribution in [3.05, 3.63) is 42.0 Å². The average molecular weight is 173 g/mol. The van der Waals surface area contributed by atoms with Crippen LogP contribution in [0.15, 0.2) is 36.4 Å². The second kappa shape index (κ2) is 2.91. The van der Waals surface area contributed by atoms with Gasteiger partial charge in [0.15, 0.2) is 0 Å². The van der Waals surface area contributed by atoms with E-state index in [0.717, 1.165) is 6.42 Å². The number of rotatable bonds is 1. The zero-order valence-corrected chi connectivity index (χ0v) is 8.25. The molecular weight excluding hydrogens is 158 g/mol. The molecule has 13 heavy (non-hydrogen) atoms. The molecule has 1 heteroatoms. The van der Waals surface area contributed by atoms with Crippen molar-refractivity contribution >= 4 is 5.69 Å². The average Bonchev–Trinajstić information content (AvgIpc) is 2.45. The third-order valence-electron chi connectivity index (χ3n) is 2.82. The molecule has 0 spiro atoms. The van der Waals surface area contributed by atoms with Gasteiger partial charge in [0.1, 0.15) is 0 Å². The SMILES string of the molecule is C=C(C)C1Cc2ccccc2N1C. The van der Waals surface area contributed by atoms with Gasteiger partial charge in [-0.1, -0.05) is 30.4 Å². The topological polar surface area (TPSA) is 3.24 Å². The smallest absolute Gasteiger partial charge is 0.0535 e. The Labute approximate surface area is 79.7 Å². The van der Waals surface area contributed by atoms with Crippen LogP contribution in [0.4, 0.5) is 5.69 Å². The molecule has 1 unspecified atom stereocenters. The maximum Gasteiger partial charge on any atom is 0.0535 e. The summed E-state index contributed by atoms with van der Waals surface area (Å²) < 4.78 is 0. The van der Waals surface area contributed by atoms with Gasteiger partial charge in [-0.05, 0) is 25.0 Å². The van der Waals surface area contributed by atoms with Gasteiger partial charge in [-0.3, -0.25) is 0 Å². The first-order valence-corrected chi connectivity index (χ1v) is 4.66. The van der Waals surface area contributed by atoms with Crippen LogP contribution >= 0.6 is 0 Å². The molecule has 1 aromatic carbocycles. The molecule has 1 aliphatic rings. The molecule has 68 valence electrons. The molecule has 0 amide bonds. The Morgan fingerprint density at radius 1 is 1.46 bits per heavy atom. The summed E-state index contributed by atoms with van der Waals surface area (Å²) in [6, 6.07) is 9.08. The number of fused-ring (bicyclic) bond motifs is 1. The van der Waals surface area contributed by atoms with Crippen LogP contribution in [0.2, 0.25) is 0 Å². The Balaban J connectivity index is 2.38. The lowest BCUT2D eigenvalue weighted by Crippen LogP contribution is -2.28. The molecule has 0 aromatic heterocycles. The Kier molecular flexibility index (Phi) is 1.87. The number of benzene rings is 1. The van der Waals surface area contributed by atoms with Crippen molar-refractivity contribution in [1.82, 2.24) is 0 Å². The fourth-order valence-corrected chi connectivity index (χ4v) is 2.05. The molecular formula is C12H15N. The normalized spacial score (nSPS) is 20.2. The summed E-state index contributed by atoms with van der Waals surface area (Å²) in [5.41, 5.74) is 4.05. The van der Waals surface area contributed by atoms with E-state index >= 15 is 0 Å². The fraction of sp³-hybridized carbons (Fsp3) is 0.333. The Morgan fingerprint density at radius 3 is 2.77 bits per heavy atom. The Hall–Kier alpha value is -1.24. The van der Waals surface area contributed by atoms with Gasteiger partial charge in [0.05, 0.1) is 6.04 Å². The van der Waals surface area contributed by atoms with E-state index in [0.29, 0.717) is 6.04 Å². The Morgan fingerprint density at radius 2 is 2.15 bits per heavy atom. The monoisotopic (exact) mass is 173 g/mol. The molecule has 1 aromatic rings. The first-order chi connectivity index (χ1) is 6.20. The van der Waals surface area contributed by atoms with Gasteiger partial charge in [-0.15, -0.1) is 0 Å². The summed E-state index contributed by atoms with van der Waals surface area (Å²) in [5.74, 6) is 0. The van der Waals surface area contributed by atoms with Crippen LogP contribution < -0.4 is 4.90 Å². The fourth-order valence-electron chi connectivity index (χ4n) is 2.05. The summed E-state index contributed by atoms with van der Waals surface area (Å²) in [6.45, 7) is 6.13. The van der Waals surface area contributed by atoms with E-state index in [-0.39, 0.29) is 0 Å². The number of likely N-dealkylation sites (N-methyl/N-ethyl adjacent to an activating group) is 1. The van der Waals surface area contributed by atoms with Crippen molar-refractivity contribution in [3.63, 3.8) is 0 Å². The van der Waals surface area contributed by atoms with Crippen LogP contribution in [0, 0.1) is 0 Å². The summed E-state index contributed by atoms with van der Waals surface area (Å²) in [6.07, 6.45) is 1.11. The zero-order valence-electron chi connectivity index (χ0n) is 8.25. The zero-order chi connectivity index (χ0) is 9.42. The molecule has 0 fully saturated rings. The second-order valence-electron chi connectivity index (χ2n) is 3.81. The first-order valence-electron chi connectivity index (χ1n) is 4.66. The second-order valence-corrected chi connectivity index (χ2v) is 3.81. The highest BCUT2D eigenvalue weighted by atomic mass is 15.2. The third-order valence-corrected chi connectivity index (χ3v) is 2.82. The van der Waals surface area contributed by atoms with E-state index in [1.807, 2.05) is 0 Å². The molecule has 1 atom stereocenters. The van der Waals surface area contributed by atoms with Crippen molar-refractivity contribution in [2.24, 2.45) is 0 Å². The van der Waals surface area contributed by atoms with Crippen molar-refractivity contribution in [2.45, 2.75) is 19.4 Å². The predicted octanol–water partition coefficient (Wildman–Crippen LogP) is 2.62. The van der Waals surface area contributed by atoms with Crippen LogP contribution in [0.25, 0.3) is 0 Å². The standard InChI is InChI=1S/C12H15N/c1-9(2)12-8-10-6-4-5-7-11(10)13(12)3/h4-7,12H,1,8H2,2-3H3. The van der Waals surface area contributed by atoms with E-state index in [1.165, 1.54) is 16.8 Å². The van der Waals surface area contributed by atoms with Gasteiger partial charge in [0.25, 0.3) is 0 Å². The number of hydrogen-bond acceptors (Lipinski definition) is 1. The highest BCUT2D eigenvalue weighted by molar-refractivity contribution is 5.60. The van der Waals surface area contributed by atoms with Crippen molar-refractivity contribution < 1.29 is 0 Å². The minimum Gasteiger partial charge on any atom is -0.367 e. The summed E-state index contributed by atoms with van der Waals surface area (Å²) >= 11 is 0. The van der Waals surface area contributed by atoms with E-state index < -0.39 is 0 Å². The lowest BCUT2D eigenvalue weighted by Gasteiger charge is -2.22. The molecule has 2 rings (SSSR count). The number of anilines is 1. The van der Waals surface area contributed by atoms with Gasteiger partial charge >= 0.3 is 0 Å². The predicted molar refractivity (Wildman–Crippen MR) is 57.2 cm³/mol. The van der Waals surface area contributed by atoms with E-state index in [4.69, 9.17) is 0 Å². The van der Waals surface area contributed by atoms with Gasteiger partial charge < -0.3 is 4.90 Å². The van der Waals surface area contributed by atoms with Crippen molar-refractivity contribution in [3.8, 4) is 0 Å². The number of para-hydroxylation sites is 1. The van der Waals surface area contributed by atoms with Crippen molar-refractivity contribution in [2.75, 3.05) is 11.9 Å². The molecule has 1 heterocycles. The van der Waals surface area contributed by atoms with Crippen LogP contribution in [0.3, 0.4) is 0 Å². The van der Waals surface area contributed by atoms with Crippen LogP contribution in [0.5, 0.6) is 0 Å². The molecule has 0 saturated carbocycles. The first kappa shape index (κ1) is 8.36. The molecule has 0 radical (unpaired) electrons. The highest BCUT2D eigenvalue weighted by Gasteiger charge is 2.25. The van der Waals surface area contributed by atoms with Gasteiger partial charge in [0, 0.05) is 12.7 Å². The van der Waals surface area contributed by atoms with Gasteiger partial charge in [-0.2, -0.15) is 0 Å². The quantitative estimate of drug-likeness (QED) is 0.590. The molecule has 1 aliphatic heterocycles. The molecule has 1 nitrogen and oxygen atoms in total. The maximum atomic E-state index is 4.03. The third kappa shape index (κ3) is 1.24. The molecule has 0 N–H and O–H groups in total. The van der Waals surface area contributed by atoms with Crippen LogP contribution in [-0.4, -0.2) is 13.1 Å². The van der Waals surface area contributed by atoms with Gasteiger partial charge in [0.2, 0.25) is 0 Å². The van der Waals surface area contributed by atoms with Crippen molar-refractivity contribution in [1.29, 1.82) is 0 Å². The highest BCUT2D eigenvalue weighted by Crippen LogP contribution is 2.32. The number of hydrogen-bond donors (Lipinski definition) is 0. The molecule has 0 aliphatic carbocycles.